The van der Waals surface area contributed by atoms with Gasteiger partial charge in [-0.1, -0.05) is 25.2 Å². The Labute approximate surface area is 66.7 Å². The lowest BCUT2D eigenvalue weighted by Crippen LogP contribution is -2.15. The summed E-state index contributed by atoms with van der Waals surface area (Å²) in [5.41, 5.74) is 0.386. The Morgan fingerprint density at radius 2 is 1.91 bits per heavy atom. The van der Waals surface area contributed by atoms with Crippen LogP contribution in [0.4, 0.5) is 0 Å². The second-order valence-corrected chi connectivity index (χ2v) is 4.07. The third kappa shape index (κ3) is 0.467. The van der Waals surface area contributed by atoms with Crippen molar-refractivity contribution < 1.29 is 4.74 Å². The standard InChI is InChI=1S/C10H12O/c1-3-10(2)8-6-4-5-7(11-6)9(8)10/h3-9H,1H2,2H3/t6-,7+,8-,9+,10?. The van der Waals surface area contributed by atoms with Crippen LogP contribution in [0.15, 0.2) is 24.8 Å². The van der Waals surface area contributed by atoms with E-state index in [1.807, 2.05) is 0 Å². The summed E-state index contributed by atoms with van der Waals surface area (Å²) in [6, 6.07) is 0. The molecule has 2 fully saturated rings. The van der Waals surface area contributed by atoms with Crippen LogP contribution in [0, 0.1) is 17.3 Å². The summed E-state index contributed by atoms with van der Waals surface area (Å²) in [4.78, 5) is 0. The molecule has 3 aliphatic rings. The lowest BCUT2D eigenvalue weighted by atomic mass is 10.0. The molecule has 58 valence electrons. The number of hydrogen-bond donors (Lipinski definition) is 0. The molecule has 3 rings (SSSR count). The van der Waals surface area contributed by atoms with Crippen LogP contribution in [0.3, 0.4) is 0 Å². The monoisotopic (exact) mass is 148 g/mol. The molecule has 0 N–H and O–H groups in total. The summed E-state index contributed by atoms with van der Waals surface area (Å²) >= 11 is 0. The highest BCUT2D eigenvalue weighted by Crippen LogP contribution is 2.69. The molecule has 2 aliphatic heterocycles. The van der Waals surface area contributed by atoms with E-state index in [2.05, 4.69) is 31.7 Å². The molecule has 0 aromatic rings. The summed E-state index contributed by atoms with van der Waals surface area (Å²) in [6.07, 6.45) is 7.35. The number of fused-ring (bicyclic) bond motifs is 5. The average Bonchev–Trinajstić information content (AvgIpc) is 2.46. The fraction of sp³-hybridized carbons (Fsp3) is 0.600. The number of hydrogen-bond acceptors (Lipinski definition) is 1. The van der Waals surface area contributed by atoms with Crippen LogP contribution in [0.1, 0.15) is 6.92 Å². The Balaban J connectivity index is 2.00. The molecule has 0 aromatic heterocycles. The van der Waals surface area contributed by atoms with E-state index in [1.165, 1.54) is 0 Å². The van der Waals surface area contributed by atoms with Gasteiger partial charge in [0.15, 0.2) is 0 Å². The maximum Gasteiger partial charge on any atom is 0.0805 e. The third-order valence-electron chi connectivity index (χ3n) is 3.67. The summed E-state index contributed by atoms with van der Waals surface area (Å²) in [6.45, 7) is 6.19. The van der Waals surface area contributed by atoms with Crippen LogP contribution in [-0.2, 0) is 4.74 Å². The van der Waals surface area contributed by atoms with Gasteiger partial charge in [-0.25, -0.2) is 0 Å². The van der Waals surface area contributed by atoms with E-state index in [9.17, 15) is 0 Å². The Kier molecular flexibility index (Phi) is 0.799. The first-order chi connectivity index (χ1) is 5.27. The molecule has 0 spiro atoms. The predicted octanol–water partition coefficient (Wildman–Crippen LogP) is 1.76. The normalized spacial score (nSPS) is 63.0. The highest BCUT2D eigenvalue weighted by atomic mass is 16.5. The van der Waals surface area contributed by atoms with E-state index in [1.54, 1.807) is 0 Å². The largest absolute Gasteiger partial charge is 0.366 e. The van der Waals surface area contributed by atoms with Crippen molar-refractivity contribution in [2.75, 3.05) is 0 Å². The molecule has 1 unspecified atom stereocenters. The van der Waals surface area contributed by atoms with Gasteiger partial charge in [0.05, 0.1) is 12.2 Å². The van der Waals surface area contributed by atoms with Gasteiger partial charge >= 0.3 is 0 Å². The summed E-state index contributed by atoms with van der Waals surface area (Å²) < 4.78 is 5.67. The molecule has 1 nitrogen and oxygen atoms in total. The fourth-order valence-electron chi connectivity index (χ4n) is 2.89. The lowest BCUT2D eigenvalue weighted by Gasteiger charge is -2.14. The van der Waals surface area contributed by atoms with Gasteiger partial charge in [0, 0.05) is 11.8 Å². The van der Waals surface area contributed by atoms with Crippen molar-refractivity contribution in [3.05, 3.63) is 24.8 Å². The predicted molar refractivity (Wildman–Crippen MR) is 43.1 cm³/mol. The number of ether oxygens (including phenoxy) is 1. The molecule has 11 heavy (non-hydrogen) atoms. The van der Waals surface area contributed by atoms with Crippen molar-refractivity contribution in [3.8, 4) is 0 Å². The molecule has 0 radical (unpaired) electrons. The first kappa shape index (κ1) is 6.01. The van der Waals surface area contributed by atoms with E-state index < -0.39 is 0 Å². The smallest absolute Gasteiger partial charge is 0.0805 e. The van der Waals surface area contributed by atoms with Crippen molar-refractivity contribution in [2.45, 2.75) is 19.1 Å². The zero-order valence-corrected chi connectivity index (χ0v) is 6.66. The zero-order chi connectivity index (χ0) is 7.64. The molecule has 2 bridgehead atoms. The lowest BCUT2D eigenvalue weighted by molar-refractivity contribution is 0.0664. The van der Waals surface area contributed by atoms with E-state index >= 15 is 0 Å². The summed E-state index contributed by atoms with van der Waals surface area (Å²) in [5.74, 6) is 1.49. The maximum absolute atomic E-state index is 5.67. The summed E-state index contributed by atoms with van der Waals surface area (Å²) in [7, 11) is 0. The van der Waals surface area contributed by atoms with Gasteiger partial charge in [0.1, 0.15) is 0 Å². The third-order valence-corrected chi connectivity index (χ3v) is 3.67. The van der Waals surface area contributed by atoms with E-state index in [-0.39, 0.29) is 0 Å². The first-order valence-corrected chi connectivity index (χ1v) is 4.25. The van der Waals surface area contributed by atoms with Gasteiger partial charge in [-0.2, -0.15) is 0 Å². The second-order valence-electron chi connectivity index (χ2n) is 4.07. The van der Waals surface area contributed by atoms with Gasteiger partial charge in [0.25, 0.3) is 0 Å². The van der Waals surface area contributed by atoms with Crippen molar-refractivity contribution in [1.82, 2.24) is 0 Å². The SMILES string of the molecule is C=CC1(C)[C@@H]2[C@H]1[C@H]1C=C[C@@H]2O1. The van der Waals surface area contributed by atoms with E-state index in [4.69, 9.17) is 4.74 Å². The minimum atomic E-state index is 0.386. The first-order valence-electron chi connectivity index (χ1n) is 4.25. The van der Waals surface area contributed by atoms with E-state index in [0.717, 1.165) is 11.8 Å². The quantitative estimate of drug-likeness (QED) is 0.515. The minimum absolute atomic E-state index is 0.386. The molecular weight excluding hydrogens is 136 g/mol. The molecule has 1 saturated heterocycles. The summed E-state index contributed by atoms with van der Waals surface area (Å²) in [5, 5.41) is 0. The van der Waals surface area contributed by atoms with Crippen LogP contribution in [0.2, 0.25) is 0 Å². The molecule has 1 aliphatic carbocycles. The van der Waals surface area contributed by atoms with Crippen molar-refractivity contribution in [3.63, 3.8) is 0 Å². The highest BCUT2D eigenvalue weighted by Gasteiger charge is 2.71. The van der Waals surface area contributed by atoms with Crippen LogP contribution in [0.5, 0.6) is 0 Å². The molecule has 0 aromatic carbocycles. The second kappa shape index (κ2) is 1.46. The van der Waals surface area contributed by atoms with Crippen molar-refractivity contribution >= 4 is 0 Å². The highest BCUT2D eigenvalue weighted by molar-refractivity contribution is 5.33. The molecule has 1 saturated carbocycles. The average molecular weight is 148 g/mol. The Hall–Kier alpha value is -0.560. The molecule has 1 heteroatoms. The van der Waals surface area contributed by atoms with Gasteiger partial charge in [-0.3, -0.25) is 0 Å². The Morgan fingerprint density at radius 3 is 2.36 bits per heavy atom. The Bertz CT molecular complexity index is 236. The number of rotatable bonds is 1. The van der Waals surface area contributed by atoms with Crippen molar-refractivity contribution in [1.29, 1.82) is 0 Å². The number of allylic oxidation sites excluding steroid dienone is 1. The molecule has 0 amide bonds. The van der Waals surface area contributed by atoms with Crippen LogP contribution >= 0.6 is 0 Å². The van der Waals surface area contributed by atoms with E-state index in [0.29, 0.717) is 17.6 Å². The maximum atomic E-state index is 5.67. The fourth-order valence-corrected chi connectivity index (χ4v) is 2.89. The topological polar surface area (TPSA) is 9.23 Å². The van der Waals surface area contributed by atoms with Gasteiger partial charge in [-0.05, 0) is 5.41 Å². The molecule has 5 atom stereocenters. The van der Waals surface area contributed by atoms with Gasteiger partial charge in [0.2, 0.25) is 0 Å². The van der Waals surface area contributed by atoms with Crippen molar-refractivity contribution in [2.24, 2.45) is 17.3 Å². The molecular formula is C10H12O. The van der Waals surface area contributed by atoms with Crippen LogP contribution < -0.4 is 0 Å². The van der Waals surface area contributed by atoms with Crippen LogP contribution in [-0.4, -0.2) is 12.2 Å². The van der Waals surface area contributed by atoms with Crippen LogP contribution in [0.25, 0.3) is 0 Å². The minimum Gasteiger partial charge on any atom is -0.366 e. The molecule has 2 heterocycles. The van der Waals surface area contributed by atoms with Gasteiger partial charge < -0.3 is 4.74 Å². The Morgan fingerprint density at radius 1 is 1.36 bits per heavy atom. The zero-order valence-electron chi connectivity index (χ0n) is 6.66. The van der Waals surface area contributed by atoms with Gasteiger partial charge in [-0.15, -0.1) is 6.58 Å².